The molecule has 256 valence electrons. The Bertz CT molecular complexity index is 3040. The summed E-state index contributed by atoms with van der Waals surface area (Å²) in [5, 5.41) is 5.83. The quantitative estimate of drug-likeness (QED) is 0.179. The number of aromatic nitrogens is 2. The lowest BCUT2D eigenvalue weighted by atomic mass is 9.66. The highest BCUT2D eigenvalue weighted by Gasteiger charge is 2.48. The highest BCUT2D eigenvalue weighted by Crippen LogP contribution is 2.60. The number of rotatable bonds is 5. The Balaban J connectivity index is 1.23. The molecule has 0 spiro atoms. The molecule has 0 aliphatic heterocycles. The van der Waals surface area contributed by atoms with Gasteiger partial charge in [0.05, 0.1) is 16.6 Å². The van der Waals surface area contributed by atoms with Crippen molar-refractivity contribution >= 4 is 32.4 Å². The Morgan fingerprint density at radius 1 is 0.364 bits per heavy atom. The largest absolute Gasteiger partial charge is 0.228 e. The van der Waals surface area contributed by atoms with E-state index in [1.165, 1.54) is 60.7 Å². The van der Waals surface area contributed by atoms with Crippen molar-refractivity contribution in [1.82, 2.24) is 9.97 Å². The van der Waals surface area contributed by atoms with Gasteiger partial charge >= 0.3 is 0 Å². The minimum Gasteiger partial charge on any atom is -0.228 e. The van der Waals surface area contributed by atoms with Crippen LogP contribution in [0.1, 0.15) is 22.3 Å². The molecule has 2 nitrogen and oxygen atoms in total. The molecule has 9 aromatic carbocycles. The summed E-state index contributed by atoms with van der Waals surface area (Å²) in [5.74, 6) is 0.724. The summed E-state index contributed by atoms with van der Waals surface area (Å²) in [7, 11) is 0. The molecule has 0 unspecified atom stereocenters. The van der Waals surface area contributed by atoms with Crippen molar-refractivity contribution in [3.05, 3.63) is 229 Å². The van der Waals surface area contributed by atoms with Crippen LogP contribution in [0.15, 0.2) is 206 Å². The maximum atomic E-state index is 5.30. The van der Waals surface area contributed by atoms with Gasteiger partial charge in [-0.25, -0.2) is 9.97 Å². The second-order valence-electron chi connectivity index (χ2n) is 14.4. The highest BCUT2D eigenvalue weighted by atomic mass is 14.9. The molecule has 1 aromatic heterocycles. The number of para-hydroxylation sites is 1. The Kier molecular flexibility index (Phi) is 7.11. The van der Waals surface area contributed by atoms with Crippen molar-refractivity contribution in [1.29, 1.82) is 0 Å². The molecule has 10 aromatic rings. The maximum Gasteiger partial charge on any atom is 0.161 e. The van der Waals surface area contributed by atoms with Crippen molar-refractivity contribution < 1.29 is 0 Å². The smallest absolute Gasteiger partial charge is 0.161 e. The predicted octanol–water partition coefficient (Wildman–Crippen LogP) is 13.3. The van der Waals surface area contributed by atoms with Gasteiger partial charge < -0.3 is 0 Å². The van der Waals surface area contributed by atoms with E-state index in [0.29, 0.717) is 0 Å². The Hall–Kier alpha value is -7.16. The van der Waals surface area contributed by atoms with Gasteiger partial charge in [0.1, 0.15) is 0 Å². The second kappa shape index (κ2) is 12.5. The molecule has 1 aliphatic carbocycles. The molecule has 0 saturated carbocycles. The van der Waals surface area contributed by atoms with Gasteiger partial charge in [-0.2, -0.15) is 0 Å². The summed E-state index contributed by atoms with van der Waals surface area (Å²) in [6.45, 7) is 0. The van der Waals surface area contributed by atoms with Gasteiger partial charge in [0, 0.05) is 16.5 Å². The minimum atomic E-state index is -0.521. The highest BCUT2D eigenvalue weighted by molar-refractivity contribution is 6.12. The lowest BCUT2D eigenvalue weighted by Crippen LogP contribution is -2.28. The maximum absolute atomic E-state index is 5.30. The molecule has 1 aliphatic rings. The molecular formula is C53H34N2. The normalized spacial score (nSPS) is 12.9. The Morgan fingerprint density at radius 2 is 0.909 bits per heavy atom. The van der Waals surface area contributed by atoms with E-state index >= 15 is 0 Å². The average molecular weight is 699 g/mol. The van der Waals surface area contributed by atoms with Crippen LogP contribution in [0.3, 0.4) is 0 Å². The first kappa shape index (κ1) is 31.4. The number of hydrogen-bond acceptors (Lipinski definition) is 2. The first-order valence-corrected chi connectivity index (χ1v) is 18.9. The van der Waals surface area contributed by atoms with Crippen molar-refractivity contribution in [2.75, 3.05) is 0 Å². The summed E-state index contributed by atoms with van der Waals surface area (Å²) in [6, 6.07) is 74.6. The first-order valence-electron chi connectivity index (χ1n) is 18.9. The van der Waals surface area contributed by atoms with Gasteiger partial charge in [0.15, 0.2) is 5.82 Å². The van der Waals surface area contributed by atoms with Gasteiger partial charge in [-0.1, -0.05) is 188 Å². The van der Waals surface area contributed by atoms with Crippen LogP contribution in [0.2, 0.25) is 0 Å². The van der Waals surface area contributed by atoms with E-state index in [0.717, 1.165) is 38.9 Å². The lowest BCUT2D eigenvalue weighted by Gasteiger charge is -2.35. The zero-order valence-electron chi connectivity index (χ0n) is 30.0. The van der Waals surface area contributed by atoms with E-state index in [2.05, 4.69) is 200 Å². The molecule has 55 heavy (non-hydrogen) atoms. The summed E-state index contributed by atoms with van der Waals surface area (Å²) < 4.78 is 0. The first-order chi connectivity index (χ1) is 27.3. The summed E-state index contributed by atoms with van der Waals surface area (Å²) in [5.41, 5.74) is 13.6. The number of benzene rings is 9. The molecule has 0 atom stereocenters. The van der Waals surface area contributed by atoms with Crippen LogP contribution >= 0.6 is 0 Å². The molecule has 0 saturated heterocycles. The van der Waals surface area contributed by atoms with Crippen LogP contribution in [0, 0.1) is 0 Å². The van der Waals surface area contributed by atoms with Gasteiger partial charge in [0.2, 0.25) is 0 Å². The molecule has 11 rings (SSSR count). The zero-order valence-corrected chi connectivity index (χ0v) is 30.0. The topological polar surface area (TPSA) is 25.8 Å². The van der Waals surface area contributed by atoms with Crippen molar-refractivity contribution in [3.63, 3.8) is 0 Å². The molecule has 0 bridgehead atoms. The van der Waals surface area contributed by atoms with Gasteiger partial charge in [-0.3, -0.25) is 0 Å². The van der Waals surface area contributed by atoms with Crippen LogP contribution in [-0.2, 0) is 5.41 Å². The predicted molar refractivity (Wildman–Crippen MR) is 228 cm³/mol. The number of hydrogen-bond donors (Lipinski definition) is 0. The molecule has 0 radical (unpaired) electrons. The molecule has 0 fully saturated rings. The molecular weight excluding hydrogens is 665 g/mol. The number of nitrogens with zero attached hydrogens (tertiary/aromatic N) is 2. The van der Waals surface area contributed by atoms with Crippen molar-refractivity contribution in [3.8, 4) is 44.9 Å². The van der Waals surface area contributed by atoms with Gasteiger partial charge in [-0.15, -0.1) is 0 Å². The van der Waals surface area contributed by atoms with Gasteiger partial charge in [-0.05, 0) is 84.3 Å². The van der Waals surface area contributed by atoms with Crippen LogP contribution in [0.4, 0.5) is 0 Å². The fraction of sp³-hybridized carbons (Fsp3) is 0.0189. The van der Waals surface area contributed by atoms with Crippen LogP contribution in [0.25, 0.3) is 77.3 Å². The minimum absolute atomic E-state index is 0.521. The summed E-state index contributed by atoms with van der Waals surface area (Å²) >= 11 is 0. The second-order valence-corrected chi connectivity index (χ2v) is 14.4. The van der Waals surface area contributed by atoms with E-state index < -0.39 is 5.41 Å². The monoisotopic (exact) mass is 698 g/mol. The third-order valence-corrected chi connectivity index (χ3v) is 11.5. The van der Waals surface area contributed by atoms with E-state index in [-0.39, 0.29) is 0 Å². The van der Waals surface area contributed by atoms with Crippen LogP contribution in [-0.4, -0.2) is 9.97 Å². The molecule has 2 heteroatoms. The van der Waals surface area contributed by atoms with Crippen LogP contribution in [0.5, 0.6) is 0 Å². The summed E-state index contributed by atoms with van der Waals surface area (Å²) in [6.07, 6.45) is 0. The van der Waals surface area contributed by atoms with E-state index in [4.69, 9.17) is 9.97 Å². The fourth-order valence-electron chi connectivity index (χ4n) is 9.28. The third kappa shape index (κ3) is 4.68. The van der Waals surface area contributed by atoms with Crippen molar-refractivity contribution in [2.24, 2.45) is 0 Å². The van der Waals surface area contributed by atoms with Crippen LogP contribution < -0.4 is 0 Å². The average Bonchev–Trinajstić information content (AvgIpc) is 3.58. The molecule has 0 N–H and O–H groups in total. The SMILES string of the molecule is c1ccc(-c2nc(-c3ccc(-c4cc5ccccc5c5c4-c4ccccc4C5(c4ccccc4)c4ccccc4)c4ccccc34)nc3ccccc23)cc1. The third-order valence-electron chi connectivity index (χ3n) is 11.5. The van der Waals surface area contributed by atoms with E-state index in [1.54, 1.807) is 0 Å². The lowest BCUT2D eigenvalue weighted by molar-refractivity contribution is 0.775. The zero-order chi connectivity index (χ0) is 36.3. The standard InChI is InChI=1S/C53H34N2/c1-4-18-35(19-5-1)51-45-29-15-17-31-48(45)54-52(55-51)43-33-32-42(40-26-12-13-27-41(40)43)46-34-36-20-10-11-25-39(36)50-49(46)44-28-14-16-30-47(44)53(50,37-21-6-2-7-22-37)38-23-8-3-9-24-38/h1-34H. The summed E-state index contributed by atoms with van der Waals surface area (Å²) in [4.78, 5) is 10.5. The Labute approximate surface area is 320 Å². The van der Waals surface area contributed by atoms with E-state index in [9.17, 15) is 0 Å². The molecule has 0 amide bonds. The van der Waals surface area contributed by atoms with Gasteiger partial charge in [0.25, 0.3) is 0 Å². The fourth-order valence-corrected chi connectivity index (χ4v) is 9.28. The Morgan fingerprint density at radius 3 is 1.64 bits per heavy atom. The number of fused-ring (bicyclic) bond motifs is 7. The molecule has 1 heterocycles. The van der Waals surface area contributed by atoms with Crippen molar-refractivity contribution in [2.45, 2.75) is 5.41 Å². The van der Waals surface area contributed by atoms with E-state index in [1.807, 2.05) is 6.07 Å².